The number of hydrogen-bond acceptors (Lipinski definition) is 2. The minimum atomic E-state index is -0.798. The first-order chi connectivity index (χ1) is 9.13. The predicted molar refractivity (Wildman–Crippen MR) is 75.5 cm³/mol. The summed E-state index contributed by atoms with van der Waals surface area (Å²) in [6.07, 6.45) is 5.18. The number of carbonyl (C=O) groups is 2. The van der Waals surface area contributed by atoms with Gasteiger partial charge in [-0.3, -0.25) is 9.59 Å². The molecule has 0 saturated carbocycles. The standard InChI is InChI=1S/C16H22O3/c1-2-3-6-13-9-11-14(12-10-13)15(17)7-4-5-8-16(18)19/h9-12H,2-8H2,1H3,(H,18,19). The Morgan fingerprint density at radius 2 is 1.63 bits per heavy atom. The number of aryl methyl sites for hydroxylation is 1. The van der Waals surface area contributed by atoms with Gasteiger partial charge in [-0.25, -0.2) is 0 Å². The molecule has 0 aliphatic carbocycles. The molecule has 1 aromatic carbocycles. The van der Waals surface area contributed by atoms with E-state index in [1.54, 1.807) is 0 Å². The predicted octanol–water partition coefficient (Wildman–Crippen LogP) is 3.86. The Balaban J connectivity index is 2.37. The summed E-state index contributed by atoms with van der Waals surface area (Å²) in [5.41, 5.74) is 2.00. The number of carboxylic acid groups (broad SMARTS) is 1. The van der Waals surface area contributed by atoms with E-state index in [1.807, 2.05) is 24.3 Å². The summed E-state index contributed by atoms with van der Waals surface area (Å²) in [6, 6.07) is 7.79. The van der Waals surface area contributed by atoms with E-state index in [9.17, 15) is 9.59 Å². The third-order valence-electron chi connectivity index (χ3n) is 3.14. The van der Waals surface area contributed by atoms with Crippen LogP contribution in [0.1, 0.15) is 61.4 Å². The highest BCUT2D eigenvalue weighted by Gasteiger charge is 2.06. The number of hydrogen-bond donors (Lipinski definition) is 1. The molecule has 0 aliphatic heterocycles. The summed E-state index contributed by atoms with van der Waals surface area (Å²) in [4.78, 5) is 22.2. The van der Waals surface area contributed by atoms with Gasteiger partial charge in [-0.15, -0.1) is 0 Å². The van der Waals surface area contributed by atoms with Crippen molar-refractivity contribution in [3.63, 3.8) is 0 Å². The van der Waals surface area contributed by atoms with Crippen LogP contribution in [-0.4, -0.2) is 16.9 Å². The second-order valence-electron chi connectivity index (χ2n) is 4.82. The third-order valence-corrected chi connectivity index (χ3v) is 3.14. The van der Waals surface area contributed by atoms with Crippen molar-refractivity contribution >= 4 is 11.8 Å². The van der Waals surface area contributed by atoms with Gasteiger partial charge >= 0.3 is 5.97 Å². The second kappa shape index (κ2) is 8.46. The minimum Gasteiger partial charge on any atom is -0.481 e. The zero-order valence-corrected chi connectivity index (χ0v) is 11.5. The summed E-state index contributed by atoms with van der Waals surface area (Å²) >= 11 is 0. The molecule has 0 amide bonds. The van der Waals surface area contributed by atoms with Gasteiger partial charge in [0.05, 0.1) is 0 Å². The van der Waals surface area contributed by atoms with E-state index in [4.69, 9.17) is 5.11 Å². The van der Waals surface area contributed by atoms with Crippen molar-refractivity contribution in [2.75, 3.05) is 0 Å². The average molecular weight is 262 g/mol. The molecule has 1 rings (SSSR count). The molecular weight excluding hydrogens is 240 g/mol. The van der Waals surface area contributed by atoms with Crippen LogP contribution in [0.3, 0.4) is 0 Å². The molecule has 3 heteroatoms. The van der Waals surface area contributed by atoms with Gasteiger partial charge in [0.15, 0.2) is 5.78 Å². The number of aliphatic carboxylic acids is 1. The normalized spacial score (nSPS) is 10.4. The minimum absolute atomic E-state index is 0.104. The van der Waals surface area contributed by atoms with E-state index >= 15 is 0 Å². The first-order valence-corrected chi connectivity index (χ1v) is 6.97. The highest BCUT2D eigenvalue weighted by Crippen LogP contribution is 2.11. The van der Waals surface area contributed by atoms with Crippen molar-refractivity contribution in [1.82, 2.24) is 0 Å². The van der Waals surface area contributed by atoms with Crippen LogP contribution in [0.25, 0.3) is 0 Å². The van der Waals surface area contributed by atoms with Crippen LogP contribution >= 0.6 is 0 Å². The average Bonchev–Trinajstić information content (AvgIpc) is 2.41. The molecule has 0 radical (unpaired) electrons. The topological polar surface area (TPSA) is 54.4 Å². The number of unbranched alkanes of at least 4 members (excludes halogenated alkanes) is 2. The van der Waals surface area contributed by atoms with E-state index in [0.29, 0.717) is 19.3 Å². The lowest BCUT2D eigenvalue weighted by molar-refractivity contribution is -0.137. The zero-order valence-electron chi connectivity index (χ0n) is 11.5. The molecule has 0 spiro atoms. The Morgan fingerprint density at radius 3 is 2.21 bits per heavy atom. The van der Waals surface area contributed by atoms with E-state index in [0.717, 1.165) is 12.0 Å². The molecule has 3 nitrogen and oxygen atoms in total. The highest BCUT2D eigenvalue weighted by molar-refractivity contribution is 5.96. The van der Waals surface area contributed by atoms with E-state index in [1.165, 1.54) is 18.4 Å². The van der Waals surface area contributed by atoms with Gasteiger partial charge in [-0.1, -0.05) is 37.6 Å². The van der Waals surface area contributed by atoms with E-state index < -0.39 is 5.97 Å². The summed E-state index contributed by atoms with van der Waals surface area (Å²) in [5.74, 6) is -0.694. The van der Waals surface area contributed by atoms with Crippen LogP contribution in [0.15, 0.2) is 24.3 Å². The lowest BCUT2D eigenvalue weighted by atomic mass is 10.0. The maximum atomic E-state index is 11.9. The van der Waals surface area contributed by atoms with Gasteiger partial charge in [-0.2, -0.15) is 0 Å². The number of carbonyl (C=O) groups excluding carboxylic acids is 1. The van der Waals surface area contributed by atoms with Crippen molar-refractivity contribution < 1.29 is 14.7 Å². The molecule has 1 aromatic rings. The maximum absolute atomic E-state index is 11.9. The molecule has 0 heterocycles. The molecule has 0 aliphatic rings. The molecule has 0 aromatic heterocycles. The van der Waals surface area contributed by atoms with Gasteiger partial charge < -0.3 is 5.11 Å². The lowest BCUT2D eigenvalue weighted by Gasteiger charge is -2.03. The van der Waals surface area contributed by atoms with Crippen molar-refractivity contribution in [3.8, 4) is 0 Å². The molecule has 0 saturated heterocycles. The molecule has 104 valence electrons. The van der Waals surface area contributed by atoms with Crippen molar-refractivity contribution in [3.05, 3.63) is 35.4 Å². The summed E-state index contributed by atoms with van der Waals surface area (Å²) in [5, 5.41) is 8.51. The summed E-state index contributed by atoms with van der Waals surface area (Å²) in [7, 11) is 0. The lowest BCUT2D eigenvalue weighted by Crippen LogP contribution is -2.00. The van der Waals surface area contributed by atoms with Crippen LogP contribution in [0.5, 0.6) is 0 Å². The van der Waals surface area contributed by atoms with Gasteiger partial charge in [0, 0.05) is 18.4 Å². The van der Waals surface area contributed by atoms with E-state index in [-0.39, 0.29) is 12.2 Å². The van der Waals surface area contributed by atoms with Crippen LogP contribution in [0, 0.1) is 0 Å². The summed E-state index contributed by atoms with van der Waals surface area (Å²) in [6.45, 7) is 2.16. The zero-order chi connectivity index (χ0) is 14.1. The maximum Gasteiger partial charge on any atom is 0.303 e. The SMILES string of the molecule is CCCCc1ccc(C(=O)CCCCC(=O)O)cc1. The fraction of sp³-hybridized carbons (Fsp3) is 0.500. The first kappa shape index (κ1) is 15.4. The smallest absolute Gasteiger partial charge is 0.303 e. The van der Waals surface area contributed by atoms with Crippen LogP contribution in [0.2, 0.25) is 0 Å². The van der Waals surface area contributed by atoms with Crippen molar-refractivity contribution in [2.45, 2.75) is 51.9 Å². The third kappa shape index (κ3) is 6.18. The fourth-order valence-electron chi connectivity index (χ4n) is 1.94. The van der Waals surface area contributed by atoms with Crippen molar-refractivity contribution in [2.24, 2.45) is 0 Å². The van der Waals surface area contributed by atoms with Crippen LogP contribution in [0.4, 0.5) is 0 Å². The number of benzene rings is 1. The Kier molecular flexibility index (Phi) is 6.86. The van der Waals surface area contributed by atoms with Crippen LogP contribution in [-0.2, 0) is 11.2 Å². The number of Topliss-reactive ketones (excluding diaryl/α,β-unsaturated/α-hetero) is 1. The van der Waals surface area contributed by atoms with Gasteiger partial charge in [-0.05, 0) is 31.2 Å². The molecular formula is C16H22O3. The van der Waals surface area contributed by atoms with Crippen molar-refractivity contribution in [1.29, 1.82) is 0 Å². The Labute approximate surface area is 114 Å². The largest absolute Gasteiger partial charge is 0.481 e. The van der Waals surface area contributed by atoms with Gasteiger partial charge in [0.1, 0.15) is 0 Å². The highest BCUT2D eigenvalue weighted by atomic mass is 16.4. The van der Waals surface area contributed by atoms with Crippen LogP contribution < -0.4 is 0 Å². The van der Waals surface area contributed by atoms with E-state index in [2.05, 4.69) is 6.92 Å². The molecule has 1 N–H and O–H groups in total. The second-order valence-corrected chi connectivity index (χ2v) is 4.82. The Morgan fingerprint density at radius 1 is 1.00 bits per heavy atom. The van der Waals surface area contributed by atoms with Gasteiger partial charge in [0.25, 0.3) is 0 Å². The molecule has 0 bridgehead atoms. The Hall–Kier alpha value is -1.64. The monoisotopic (exact) mass is 262 g/mol. The molecule has 0 unspecified atom stereocenters. The molecule has 19 heavy (non-hydrogen) atoms. The molecule has 0 atom stereocenters. The quantitative estimate of drug-likeness (QED) is 0.543. The first-order valence-electron chi connectivity index (χ1n) is 6.97. The summed E-state index contributed by atoms with van der Waals surface area (Å²) < 4.78 is 0. The number of rotatable bonds is 9. The number of ketones is 1. The number of carboxylic acids is 1. The fourth-order valence-corrected chi connectivity index (χ4v) is 1.94. The van der Waals surface area contributed by atoms with Gasteiger partial charge in [0.2, 0.25) is 0 Å². The Bertz CT molecular complexity index is 407. The molecule has 0 fully saturated rings.